The molecule has 9 heteroatoms. The summed E-state index contributed by atoms with van der Waals surface area (Å²) in [6, 6.07) is 9.09. The van der Waals surface area contributed by atoms with Crippen molar-refractivity contribution in [2.75, 3.05) is 33.0 Å². The minimum Gasteiger partial charge on any atom is -0.494 e. The number of fused-ring (bicyclic) bond motifs is 1. The van der Waals surface area contributed by atoms with E-state index < -0.39 is 5.97 Å². The van der Waals surface area contributed by atoms with Gasteiger partial charge in [0.05, 0.1) is 38.6 Å². The van der Waals surface area contributed by atoms with Crippen LogP contribution in [0.25, 0.3) is 0 Å². The second-order valence-electron chi connectivity index (χ2n) is 9.87. The van der Waals surface area contributed by atoms with E-state index in [1.165, 1.54) is 0 Å². The van der Waals surface area contributed by atoms with E-state index in [9.17, 15) is 14.4 Å². The van der Waals surface area contributed by atoms with Gasteiger partial charge in [-0.25, -0.2) is 0 Å². The fraction of sp³-hybridized carbons (Fsp3) is 0.531. The maximum Gasteiger partial charge on any atom is 0.305 e. The Hall–Kier alpha value is -3.75. The SMILES string of the molecule is CCCc1c(OCCCCCOc2ccc(OCCCC(=O)OCC)cc2CCC(=O)O)ccc2c1OCCC2=O. The summed E-state index contributed by atoms with van der Waals surface area (Å²) >= 11 is 0. The van der Waals surface area contributed by atoms with Crippen molar-refractivity contribution in [3.63, 3.8) is 0 Å². The lowest BCUT2D eigenvalue weighted by Crippen LogP contribution is -2.17. The molecule has 0 spiro atoms. The Balaban J connectivity index is 1.44. The second-order valence-corrected chi connectivity index (χ2v) is 9.87. The topological polar surface area (TPSA) is 118 Å². The van der Waals surface area contributed by atoms with E-state index in [0.717, 1.165) is 49.0 Å². The van der Waals surface area contributed by atoms with Gasteiger partial charge in [-0.3, -0.25) is 14.4 Å². The summed E-state index contributed by atoms with van der Waals surface area (Å²) in [7, 11) is 0. The van der Waals surface area contributed by atoms with Crippen molar-refractivity contribution >= 4 is 17.7 Å². The van der Waals surface area contributed by atoms with Crippen LogP contribution < -0.4 is 18.9 Å². The number of carboxylic acid groups (broad SMARTS) is 1. The molecular formula is C32H42O9. The molecule has 1 heterocycles. The molecule has 0 amide bonds. The summed E-state index contributed by atoms with van der Waals surface area (Å²) in [6.07, 6.45) is 5.83. The molecule has 224 valence electrons. The predicted octanol–water partition coefficient (Wildman–Crippen LogP) is 5.97. The summed E-state index contributed by atoms with van der Waals surface area (Å²) in [5.41, 5.74) is 2.40. The molecule has 0 unspecified atom stereocenters. The third-order valence-electron chi connectivity index (χ3n) is 6.64. The van der Waals surface area contributed by atoms with Gasteiger partial charge in [0.1, 0.15) is 23.0 Å². The lowest BCUT2D eigenvalue weighted by Gasteiger charge is -2.22. The van der Waals surface area contributed by atoms with Gasteiger partial charge in [-0.05, 0) is 81.3 Å². The fourth-order valence-corrected chi connectivity index (χ4v) is 4.60. The van der Waals surface area contributed by atoms with Crippen molar-refractivity contribution in [1.29, 1.82) is 0 Å². The van der Waals surface area contributed by atoms with E-state index in [1.807, 2.05) is 6.07 Å². The summed E-state index contributed by atoms with van der Waals surface area (Å²) in [6.45, 7) is 6.04. The van der Waals surface area contributed by atoms with Gasteiger partial charge in [0.15, 0.2) is 5.78 Å². The lowest BCUT2D eigenvalue weighted by molar-refractivity contribution is -0.143. The number of hydrogen-bond donors (Lipinski definition) is 1. The average Bonchev–Trinajstić information content (AvgIpc) is 2.95. The zero-order valence-corrected chi connectivity index (χ0v) is 24.2. The first-order valence-corrected chi connectivity index (χ1v) is 14.6. The Labute approximate surface area is 242 Å². The number of rotatable bonds is 19. The number of esters is 1. The molecular weight excluding hydrogens is 528 g/mol. The number of benzene rings is 2. The first-order chi connectivity index (χ1) is 19.9. The highest BCUT2D eigenvalue weighted by Crippen LogP contribution is 2.36. The second kappa shape index (κ2) is 17.1. The van der Waals surface area contributed by atoms with Crippen LogP contribution in [0.5, 0.6) is 23.0 Å². The van der Waals surface area contributed by atoms with Crippen LogP contribution in [0, 0.1) is 0 Å². The molecule has 0 aliphatic carbocycles. The van der Waals surface area contributed by atoms with Gasteiger partial charge >= 0.3 is 11.9 Å². The van der Waals surface area contributed by atoms with E-state index in [0.29, 0.717) is 75.1 Å². The number of unbranched alkanes of at least 4 members (excludes halogenated alkanes) is 2. The Morgan fingerprint density at radius 1 is 0.878 bits per heavy atom. The Morgan fingerprint density at radius 2 is 1.61 bits per heavy atom. The highest BCUT2D eigenvalue weighted by Gasteiger charge is 2.23. The number of Topliss-reactive ketones (excluding diaryl/α,β-unsaturated/α-hetero) is 1. The van der Waals surface area contributed by atoms with Crippen LogP contribution in [0.4, 0.5) is 0 Å². The number of ketones is 1. The number of carbonyl (C=O) groups excluding carboxylic acids is 2. The Bertz CT molecular complexity index is 1160. The number of carboxylic acids is 1. The lowest BCUT2D eigenvalue weighted by atomic mass is 9.98. The van der Waals surface area contributed by atoms with Gasteiger partial charge in [0.25, 0.3) is 0 Å². The number of hydrogen-bond acceptors (Lipinski definition) is 8. The van der Waals surface area contributed by atoms with Crippen LogP contribution in [-0.2, 0) is 27.2 Å². The van der Waals surface area contributed by atoms with Crippen LogP contribution >= 0.6 is 0 Å². The van der Waals surface area contributed by atoms with Crippen molar-refractivity contribution in [1.82, 2.24) is 0 Å². The van der Waals surface area contributed by atoms with Crippen molar-refractivity contribution in [3.05, 3.63) is 47.0 Å². The summed E-state index contributed by atoms with van der Waals surface area (Å²) in [5.74, 6) is 1.71. The molecule has 2 aromatic rings. The van der Waals surface area contributed by atoms with Crippen LogP contribution in [-0.4, -0.2) is 55.9 Å². The van der Waals surface area contributed by atoms with Crippen LogP contribution in [0.1, 0.15) is 86.7 Å². The van der Waals surface area contributed by atoms with Gasteiger partial charge in [-0.15, -0.1) is 0 Å². The molecule has 0 atom stereocenters. The van der Waals surface area contributed by atoms with E-state index in [-0.39, 0.29) is 24.6 Å². The molecule has 3 rings (SSSR count). The normalized spacial score (nSPS) is 12.3. The standard InChI is InChI=1S/C32H42O9/c1-3-9-26-29(15-13-25-27(33)17-21-41-32(25)26)40-19-7-5-6-18-39-28-14-12-24(22-23(28)11-16-30(34)35)38-20-8-10-31(36)37-4-2/h12-15,22H,3-11,16-21H2,1-2H3,(H,34,35). The zero-order valence-electron chi connectivity index (χ0n) is 24.2. The summed E-state index contributed by atoms with van der Waals surface area (Å²) < 4.78 is 28.6. The maximum atomic E-state index is 12.2. The molecule has 2 aromatic carbocycles. The van der Waals surface area contributed by atoms with Gasteiger partial charge in [0.2, 0.25) is 0 Å². The highest BCUT2D eigenvalue weighted by atomic mass is 16.5. The quantitative estimate of drug-likeness (QED) is 0.161. The monoisotopic (exact) mass is 570 g/mol. The van der Waals surface area contributed by atoms with E-state index >= 15 is 0 Å². The van der Waals surface area contributed by atoms with E-state index in [1.54, 1.807) is 31.2 Å². The summed E-state index contributed by atoms with van der Waals surface area (Å²) in [5, 5.41) is 9.15. The predicted molar refractivity (Wildman–Crippen MR) is 153 cm³/mol. The van der Waals surface area contributed by atoms with Crippen molar-refractivity contribution in [2.24, 2.45) is 0 Å². The minimum absolute atomic E-state index is 0.0120. The number of carbonyl (C=O) groups is 3. The first kappa shape index (κ1) is 31.8. The summed E-state index contributed by atoms with van der Waals surface area (Å²) in [4.78, 5) is 34.9. The fourth-order valence-electron chi connectivity index (χ4n) is 4.60. The van der Waals surface area contributed by atoms with Gasteiger partial charge in [-0.1, -0.05) is 13.3 Å². The largest absolute Gasteiger partial charge is 0.494 e. The molecule has 0 radical (unpaired) electrons. The van der Waals surface area contributed by atoms with Crippen molar-refractivity contribution in [3.8, 4) is 23.0 Å². The number of aryl methyl sites for hydroxylation is 1. The third-order valence-corrected chi connectivity index (χ3v) is 6.64. The molecule has 0 fully saturated rings. The highest BCUT2D eigenvalue weighted by molar-refractivity contribution is 6.00. The molecule has 1 aliphatic heterocycles. The van der Waals surface area contributed by atoms with E-state index in [4.69, 9.17) is 28.8 Å². The molecule has 1 N–H and O–H groups in total. The molecule has 0 aromatic heterocycles. The molecule has 0 saturated carbocycles. The third kappa shape index (κ3) is 10.3. The Kier molecular flexibility index (Phi) is 13.3. The minimum atomic E-state index is -0.879. The van der Waals surface area contributed by atoms with Gasteiger partial charge in [-0.2, -0.15) is 0 Å². The van der Waals surface area contributed by atoms with E-state index in [2.05, 4.69) is 6.92 Å². The van der Waals surface area contributed by atoms with Crippen LogP contribution in [0.3, 0.4) is 0 Å². The van der Waals surface area contributed by atoms with Gasteiger partial charge in [0, 0.05) is 24.8 Å². The van der Waals surface area contributed by atoms with Crippen LogP contribution in [0.2, 0.25) is 0 Å². The smallest absolute Gasteiger partial charge is 0.305 e. The molecule has 9 nitrogen and oxygen atoms in total. The maximum absolute atomic E-state index is 12.2. The molecule has 41 heavy (non-hydrogen) atoms. The molecule has 0 bridgehead atoms. The first-order valence-electron chi connectivity index (χ1n) is 14.6. The molecule has 1 aliphatic rings. The average molecular weight is 571 g/mol. The van der Waals surface area contributed by atoms with Crippen molar-refractivity contribution < 1.29 is 43.2 Å². The Morgan fingerprint density at radius 3 is 2.34 bits per heavy atom. The van der Waals surface area contributed by atoms with Crippen LogP contribution in [0.15, 0.2) is 30.3 Å². The van der Waals surface area contributed by atoms with Gasteiger partial charge < -0.3 is 28.8 Å². The zero-order chi connectivity index (χ0) is 29.5. The molecule has 0 saturated heterocycles. The number of ether oxygens (including phenoxy) is 5. The van der Waals surface area contributed by atoms with Crippen molar-refractivity contribution in [2.45, 2.75) is 78.1 Å². The number of aliphatic carboxylic acids is 1.